The van der Waals surface area contributed by atoms with Gasteiger partial charge in [0, 0.05) is 17.4 Å². The summed E-state index contributed by atoms with van der Waals surface area (Å²) in [6.07, 6.45) is 0. The minimum Gasteiger partial charge on any atom is -0.454 e. The lowest BCUT2D eigenvalue weighted by Crippen LogP contribution is -2.28. The predicted molar refractivity (Wildman–Crippen MR) is 242 cm³/mol. The second-order valence-corrected chi connectivity index (χ2v) is 15.9. The Morgan fingerprint density at radius 2 is 0.700 bits per heavy atom. The summed E-state index contributed by atoms with van der Waals surface area (Å²) < 4.78 is 11.9. The molecule has 0 aromatic heterocycles. The van der Waals surface area contributed by atoms with Crippen LogP contribution in [0.25, 0.3) is 22.3 Å². The highest BCUT2D eigenvalue weighted by atomic mass is 16.7. The van der Waals surface area contributed by atoms with Crippen molar-refractivity contribution in [1.29, 1.82) is 0 Å². The third kappa shape index (κ3) is 4.84. The van der Waals surface area contributed by atoms with Gasteiger partial charge in [-0.25, -0.2) is 0 Å². The largest absolute Gasteiger partial charge is 0.454 e. The average Bonchev–Trinajstić information content (AvgIpc) is 4.00. The molecule has 12 rings (SSSR count). The van der Waals surface area contributed by atoms with Crippen molar-refractivity contribution in [1.82, 2.24) is 0 Å². The molecular weight excluding hydrogens is 731 g/mol. The summed E-state index contributed by atoms with van der Waals surface area (Å²) in [6.45, 7) is 0.212. The number of anilines is 3. The molecule has 0 unspecified atom stereocenters. The molecule has 1 aliphatic heterocycles. The molecule has 0 radical (unpaired) electrons. The summed E-state index contributed by atoms with van der Waals surface area (Å²) in [6, 6.07) is 82.3. The highest BCUT2D eigenvalue weighted by Crippen LogP contribution is 2.59. The molecule has 1 heterocycles. The summed E-state index contributed by atoms with van der Waals surface area (Å²) in [4.78, 5) is 2.39. The van der Waals surface area contributed by atoms with Crippen LogP contribution in [0.1, 0.15) is 44.5 Å². The maximum Gasteiger partial charge on any atom is 0.231 e. The number of nitrogens with zero attached hydrogens (tertiary/aromatic N) is 1. The van der Waals surface area contributed by atoms with Crippen molar-refractivity contribution in [2.24, 2.45) is 0 Å². The Bertz CT molecular complexity index is 2990. The van der Waals surface area contributed by atoms with Gasteiger partial charge in [-0.15, -0.1) is 0 Å². The third-order valence-electron chi connectivity index (χ3n) is 13.0. The van der Waals surface area contributed by atoms with Crippen LogP contribution < -0.4 is 14.4 Å². The fraction of sp³-hybridized carbons (Fsp3) is 0.0526. The van der Waals surface area contributed by atoms with Crippen LogP contribution in [0.3, 0.4) is 0 Å². The van der Waals surface area contributed by atoms with Gasteiger partial charge in [0.15, 0.2) is 11.5 Å². The summed E-state index contributed by atoms with van der Waals surface area (Å²) in [5.41, 5.74) is 17.1. The van der Waals surface area contributed by atoms with Gasteiger partial charge in [0.05, 0.1) is 16.5 Å². The van der Waals surface area contributed by atoms with Crippen LogP contribution in [0.4, 0.5) is 17.1 Å². The molecule has 0 saturated carbocycles. The first-order valence-corrected chi connectivity index (χ1v) is 20.7. The molecule has 3 heteroatoms. The van der Waals surface area contributed by atoms with E-state index in [9.17, 15) is 0 Å². The monoisotopic (exact) mass is 769 g/mol. The zero-order valence-corrected chi connectivity index (χ0v) is 32.8. The van der Waals surface area contributed by atoms with Gasteiger partial charge in [0.2, 0.25) is 6.79 Å². The second-order valence-electron chi connectivity index (χ2n) is 15.9. The highest BCUT2D eigenvalue weighted by molar-refractivity contribution is 5.92. The number of rotatable bonds is 7. The molecule has 0 atom stereocenters. The molecule has 60 heavy (non-hydrogen) atoms. The van der Waals surface area contributed by atoms with Crippen LogP contribution in [0.15, 0.2) is 224 Å². The topological polar surface area (TPSA) is 21.7 Å². The first kappa shape index (κ1) is 34.4. The first-order valence-electron chi connectivity index (χ1n) is 20.7. The van der Waals surface area contributed by atoms with Crippen molar-refractivity contribution < 1.29 is 9.47 Å². The van der Waals surface area contributed by atoms with Gasteiger partial charge in [0.25, 0.3) is 0 Å². The Morgan fingerprint density at radius 3 is 1.28 bits per heavy atom. The molecule has 3 nitrogen and oxygen atoms in total. The van der Waals surface area contributed by atoms with Crippen LogP contribution in [-0.4, -0.2) is 6.79 Å². The van der Waals surface area contributed by atoms with Gasteiger partial charge in [-0.05, 0) is 103 Å². The van der Waals surface area contributed by atoms with Gasteiger partial charge in [-0.1, -0.05) is 182 Å². The normalized spacial score (nSPS) is 14.5. The smallest absolute Gasteiger partial charge is 0.231 e. The quantitative estimate of drug-likeness (QED) is 0.161. The van der Waals surface area contributed by atoms with E-state index in [1.807, 2.05) is 6.07 Å². The summed E-state index contributed by atoms with van der Waals surface area (Å²) >= 11 is 0. The van der Waals surface area contributed by atoms with E-state index < -0.39 is 10.8 Å². The van der Waals surface area contributed by atoms with E-state index in [-0.39, 0.29) is 6.79 Å². The standard InChI is InChI=1S/C57H39NO2/c1-5-17-39(18-6-1)56(40-19-7-2-8-20-40)51-28-16-14-26-47(51)49-35-43(30-33-52(49)56)58(45-31-34-54-55(37-45)60-38-59-54)44-29-32-48-46-25-13-15-27-50(46)57(53(48)36-44,41-21-9-3-10-22-41)42-23-11-4-12-24-42/h1-37H,38H2. The van der Waals surface area contributed by atoms with Gasteiger partial charge >= 0.3 is 0 Å². The van der Waals surface area contributed by atoms with Gasteiger partial charge in [-0.3, -0.25) is 0 Å². The molecule has 9 aromatic rings. The van der Waals surface area contributed by atoms with E-state index in [1.54, 1.807) is 0 Å². The number of fused-ring (bicyclic) bond motifs is 7. The molecule has 284 valence electrons. The Balaban J connectivity index is 1.12. The number of hydrogen-bond acceptors (Lipinski definition) is 3. The molecule has 0 N–H and O–H groups in total. The van der Waals surface area contributed by atoms with Crippen LogP contribution in [0.5, 0.6) is 11.5 Å². The Labute approximate surface area is 350 Å². The molecular formula is C57H39NO2. The lowest BCUT2D eigenvalue weighted by atomic mass is 9.67. The van der Waals surface area contributed by atoms with Crippen LogP contribution >= 0.6 is 0 Å². The number of benzene rings is 9. The maximum atomic E-state index is 6.02. The zero-order chi connectivity index (χ0) is 39.7. The van der Waals surface area contributed by atoms with E-state index in [2.05, 4.69) is 223 Å². The molecule has 2 aliphatic carbocycles. The minimum absolute atomic E-state index is 0.212. The van der Waals surface area contributed by atoms with Crippen molar-refractivity contribution in [3.63, 3.8) is 0 Å². The van der Waals surface area contributed by atoms with Crippen LogP contribution in [-0.2, 0) is 10.8 Å². The van der Waals surface area contributed by atoms with Crippen molar-refractivity contribution in [3.05, 3.63) is 269 Å². The van der Waals surface area contributed by atoms with Gasteiger partial charge in [-0.2, -0.15) is 0 Å². The lowest BCUT2D eigenvalue weighted by molar-refractivity contribution is 0.174. The molecule has 0 saturated heterocycles. The second kappa shape index (κ2) is 13.5. The summed E-state index contributed by atoms with van der Waals surface area (Å²) in [7, 11) is 0. The maximum absolute atomic E-state index is 6.02. The van der Waals surface area contributed by atoms with Gasteiger partial charge < -0.3 is 14.4 Å². The van der Waals surface area contributed by atoms with E-state index in [4.69, 9.17) is 9.47 Å². The summed E-state index contributed by atoms with van der Waals surface area (Å²) in [5.74, 6) is 1.50. The fourth-order valence-corrected chi connectivity index (χ4v) is 10.6. The molecule has 0 spiro atoms. The lowest BCUT2D eigenvalue weighted by Gasteiger charge is -2.35. The van der Waals surface area contributed by atoms with Crippen molar-refractivity contribution >= 4 is 17.1 Å². The zero-order valence-electron chi connectivity index (χ0n) is 32.8. The Kier molecular flexibility index (Phi) is 7.73. The fourth-order valence-electron chi connectivity index (χ4n) is 10.6. The van der Waals surface area contributed by atoms with Gasteiger partial charge in [0.1, 0.15) is 0 Å². The molecule has 9 aromatic carbocycles. The van der Waals surface area contributed by atoms with Crippen molar-refractivity contribution in [2.75, 3.05) is 11.7 Å². The van der Waals surface area contributed by atoms with Crippen molar-refractivity contribution in [3.8, 4) is 33.8 Å². The Morgan fingerprint density at radius 1 is 0.300 bits per heavy atom. The van der Waals surface area contributed by atoms with E-state index >= 15 is 0 Å². The van der Waals surface area contributed by atoms with Crippen LogP contribution in [0, 0.1) is 0 Å². The number of ether oxygens (including phenoxy) is 2. The SMILES string of the molecule is c1ccc(C2(c3ccccc3)c3ccccc3-c3cc(N(c4ccc5c(c4)OCO5)c4ccc5c(c4)C(c4ccccc4)(c4ccccc4)c4ccccc4-5)ccc32)cc1. The van der Waals surface area contributed by atoms with E-state index in [0.717, 1.165) is 28.6 Å². The summed E-state index contributed by atoms with van der Waals surface area (Å²) in [5, 5.41) is 0. The highest BCUT2D eigenvalue weighted by Gasteiger charge is 2.48. The Hall–Kier alpha value is -7.62. The third-order valence-corrected chi connectivity index (χ3v) is 13.0. The van der Waals surface area contributed by atoms with E-state index in [0.29, 0.717) is 0 Å². The van der Waals surface area contributed by atoms with E-state index in [1.165, 1.54) is 66.8 Å². The number of hydrogen-bond donors (Lipinski definition) is 0. The molecule has 0 fully saturated rings. The molecule has 3 aliphatic rings. The van der Waals surface area contributed by atoms with Crippen molar-refractivity contribution in [2.45, 2.75) is 10.8 Å². The predicted octanol–water partition coefficient (Wildman–Crippen LogP) is 13.6. The molecule has 0 bridgehead atoms. The molecule has 0 amide bonds. The average molecular weight is 770 g/mol. The first-order chi connectivity index (χ1) is 29.8. The minimum atomic E-state index is -0.535. The van der Waals surface area contributed by atoms with Crippen LogP contribution in [0.2, 0.25) is 0 Å².